The van der Waals surface area contributed by atoms with Crippen LogP contribution < -0.4 is 53.2 Å². The summed E-state index contributed by atoms with van der Waals surface area (Å²) in [5.74, 6) is -9.51. The van der Waals surface area contributed by atoms with Gasteiger partial charge in [0.25, 0.3) is 0 Å². The van der Waals surface area contributed by atoms with Crippen LogP contribution in [0.1, 0.15) is 146 Å². The first-order valence-electron chi connectivity index (χ1n) is 37.2. The molecule has 1 heterocycles. The summed E-state index contributed by atoms with van der Waals surface area (Å²) in [7, 11) is 9.69. The van der Waals surface area contributed by atoms with Crippen LogP contribution in [0.5, 0.6) is 0 Å². The van der Waals surface area contributed by atoms with Crippen molar-refractivity contribution in [1.29, 1.82) is 0 Å². The summed E-state index contributed by atoms with van der Waals surface area (Å²) in [6, 6.07) is 1.34. The van der Waals surface area contributed by atoms with Crippen LogP contribution in [0.3, 0.4) is 0 Å². The Morgan fingerprint density at radius 1 is 0.620 bits per heavy atom. The second kappa shape index (κ2) is 50.2. The summed E-state index contributed by atoms with van der Waals surface area (Å²) >= 11 is 0. The average molecular weight is 1530 g/mol. The lowest BCUT2D eigenvalue weighted by Crippen LogP contribution is -2.59. The van der Waals surface area contributed by atoms with Crippen LogP contribution in [0.25, 0.3) is 0 Å². The van der Waals surface area contributed by atoms with Gasteiger partial charge in [-0.15, -0.1) is 0 Å². The third kappa shape index (κ3) is 35.6. The monoisotopic (exact) mass is 1530 g/mol. The number of hydrogen-bond donors (Lipinski definition) is 11. The number of carboxylic acids is 1. The SMILES string of the molecule is CC[C@H](C)[C@@H]([C@@H](CC(=O)N1CCC[C@H]1[C@H](OC)[C@@H](C)C(=O)N[C@@H](Cc1ccccc1)C(=O)NCCCOC(=O)C(C)NC(=O)CCC(NC(=O)CCNC(=O)OCC(NC(=O)CNC(=O)CCNC(=O)CCOCC(C)(C)C)C(=O)NCCOC)C(=O)O)OC)N(C)C(=O)C(NC(=O)[C@H](C(C)C)N(C)C)C(C)C. The van der Waals surface area contributed by atoms with Crippen molar-refractivity contribution in [2.24, 2.45) is 29.1 Å². The fraction of sp³-hybridized carbons (Fsp3) is 0.730. The molecule has 1 aliphatic rings. The van der Waals surface area contributed by atoms with Gasteiger partial charge in [0.05, 0.1) is 75.6 Å². The molecule has 612 valence electrons. The maximum Gasteiger partial charge on any atom is 0.407 e. The number of carbonyl (C=O) groups excluding carboxylic acids is 13. The summed E-state index contributed by atoms with van der Waals surface area (Å²) in [5.41, 5.74) is 0.687. The van der Waals surface area contributed by atoms with Crippen LogP contribution in [0, 0.1) is 29.1 Å². The quantitative estimate of drug-likeness (QED) is 0.0316. The molecule has 1 fully saturated rings. The van der Waals surface area contributed by atoms with Gasteiger partial charge in [0.2, 0.25) is 65.0 Å². The molecule has 0 saturated carbocycles. The number of ether oxygens (including phenoxy) is 6. The number of likely N-dealkylation sites (N-methyl/N-ethyl adjacent to an activating group) is 2. The minimum Gasteiger partial charge on any atom is -0.480 e. The first-order valence-corrected chi connectivity index (χ1v) is 37.2. The van der Waals surface area contributed by atoms with Gasteiger partial charge in [-0.25, -0.2) is 14.4 Å². The van der Waals surface area contributed by atoms with Crippen LogP contribution in [0.2, 0.25) is 0 Å². The molecule has 1 saturated heterocycles. The Bertz CT molecular complexity index is 3040. The number of hydrogen-bond acceptors (Lipinski definition) is 21. The fourth-order valence-corrected chi connectivity index (χ4v) is 12.2. The molecule has 2 rings (SSSR count). The number of aliphatic carboxylic acids is 1. The lowest BCUT2D eigenvalue weighted by Gasteiger charge is -2.41. The Morgan fingerprint density at radius 2 is 1.24 bits per heavy atom. The zero-order valence-corrected chi connectivity index (χ0v) is 66.5. The van der Waals surface area contributed by atoms with E-state index in [9.17, 15) is 72.2 Å². The minimum atomic E-state index is -1.57. The number of benzene rings is 1. The van der Waals surface area contributed by atoms with Gasteiger partial charge in [0, 0.05) is 93.2 Å². The molecule has 12 amide bonds. The molecule has 0 radical (unpaired) electrons. The molecule has 0 aliphatic carbocycles. The van der Waals surface area contributed by atoms with Gasteiger partial charge < -0.3 is 96.5 Å². The molecular formula is C74H125N13O21. The van der Waals surface area contributed by atoms with Gasteiger partial charge in [-0.2, -0.15) is 0 Å². The van der Waals surface area contributed by atoms with Crippen molar-refractivity contribution in [2.45, 2.75) is 207 Å². The second-order valence-corrected chi connectivity index (χ2v) is 29.2. The highest BCUT2D eigenvalue weighted by molar-refractivity contribution is 5.92. The zero-order chi connectivity index (χ0) is 81.4. The van der Waals surface area contributed by atoms with Crippen molar-refractivity contribution in [3.05, 3.63) is 35.9 Å². The number of methoxy groups -OCH3 is 3. The third-order valence-corrected chi connectivity index (χ3v) is 18.1. The van der Waals surface area contributed by atoms with E-state index in [1.54, 1.807) is 35.9 Å². The Kier molecular flexibility index (Phi) is 44.4. The number of rotatable bonds is 51. The van der Waals surface area contributed by atoms with Gasteiger partial charge >= 0.3 is 18.0 Å². The molecule has 0 bridgehead atoms. The van der Waals surface area contributed by atoms with E-state index in [0.717, 1.165) is 5.56 Å². The first kappa shape index (κ1) is 95.5. The van der Waals surface area contributed by atoms with Crippen molar-refractivity contribution in [3.8, 4) is 0 Å². The van der Waals surface area contributed by atoms with E-state index in [1.807, 2.05) is 99.5 Å². The largest absolute Gasteiger partial charge is 0.480 e. The van der Waals surface area contributed by atoms with Crippen LogP contribution in [0.15, 0.2) is 30.3 Å². The van der Waals surface area contributed by atoms with Gasteiger partial charge in [-0.1, -0.05) is 106 Å². The Morgan fingerprint density at radius 3 is 1.84 bits per heavy atom. The molecule has 0 spiro atoms. The van der Waals surface area contributed by atoms with Gasteiger partial charge in [0.15, 0.2) is 0 Å². The van der Waals surface area contributed by atoms with Crippen molar-refractivity contribution in [2.75, 3.05) is 115 Å². The first-order chi connectivity index (χ1) is 50.9. The molecule has 34 nitrogen and oxygen atoms in total. The molecule has 4 unspecified atom stereocenters. The highest BCUT2D eigenvalue weighted by atomic mass is 16.6. The maximum absolute atomic E-state index is 14.6. The molecule has 1 aromatic carbocycles. The smallest absolute Gasteiger partial charge is 0.407 e. The molecule has 1 aromatic rings. The highest BCUT2D eigenvalue weighted by Gasteiger charge is 2.44. The van der Waals surface area contributed by atoms with E-state index >= 15 is 0 Å². The number of nitrogens with one attached hydrogen (secondary N) is 10. The second-order valence-electron chi connectivity index (χ2n) is 29.2. The van der Waals surface area contributed by atoms with E-state index in [4.69, 9.17) is 28.4 Å². The van der Waals surface area contributed by atoms with Gasteiger partial charge in [-0.3, -0.25) is 57.6 Å². The number of esters is 1. The Balaban J connectivity index is 1.95. The normalized spacial score (nSPS) is 15.9. The number of alkyl carbamates (subject to hydrolysis) is 1. The molecule has 1 aliphatic heterocycles. The van der Waals surface area contributed by atoms with E-state index in [-0.39, 0.29) is 125 Å². The van der Waals surface area contributed by atoms with Gasteiger partial charge in [-0.05, 0) is 75.4 Å². The fourth-order valence-electron chi connectivity index (χ4n) is 12.2. The summed E-state index contributed by atoms with van der Waals surface area (Å²) in [6.45, 7) is 20.0. The van der Waals surface area contributed by atoms with Crippen LogP contribution >= 0.6 is 0 Å². The molecular weight excluding hydrogens is 1410 g/mol. The van der Waals surface area contributed by atoms with Crippen LogP contribution in [-0.2, 0) is 97.2 Å². The van der Waals surface area contributed by atoms with E-state index in [2.05, 4.69) is 53.2 Å². The summed E-state index contributed by atoms with van der Waals surface area (Å²) in [5, 5.41) is 35.3. The van der Waals surface area contributed by atoms with Crippen LogP contribution in [0.4, 0.5) is 4.79 Å². The molecule has 34 heteroatoms. The van der Waals surface area contributed by atoms with E-state index < -0.39 is 158 Å². The average Bonchev–Trinajstić information content (AvgIpc) is 1.48. The molecule has 12 atom stereocenters. The summed E-state index contributed by atoms with van der Waals surface area (Å²) in [6.07, 6.45) is -2.09. The van der Waals surface area contributed by atoms with Crippen molar-refractivity contribution in [3.63, 3.8) is 0 Å². The molecule has 0 aromatic heterocycles. The molecule has 108 heavy (non-hydrogen) atoms. The zero-order valence-electron chi connectivity index (χ0n) is 66.5. The summed E-state index contributed by atoms with van der Waals surface area (Å²) in [4.78, 5) is 189. The topological polar surface area (TPSA) is 445 Å². The van der Waals surface area contributed by atoms with Crippen molar-refractivity contribution >= 4 is 83.0 Å². The predicted octanol–water partition coefficient (Wildman–Crippen LogP) is 0.704. The van der Waals surface area contributed by atoms with E-state index in [1.165, 1.54) is 28.3 Å². The number of likely N-dealkylation sites (tertiary alicyclic amines) is 1. The predicted molar refractivity (Wildman–Crippen MR) is 399 cm³/mol. The van der Waals surface area contributed by atoms with E-state index in [0.29, 0.717) is 32.4 Å². The number of carboxylic acid groups (broad SMARTS) is 1. The Labute approximate surface area is 636 Å². The maximum atomic E-state index is 14.6. The third-order valence-electron chi connectivity index (χ3n) is 18.1. The number of nitrogens with zero attached hydrogens (tertiary/aromatic N) is 3. The highest BCUT2D eigenvalue weighted by Crippen LogP contribution is 2.30. The lowest BCUT2D eigenvalue weighted by molar-refractivity contribution is -0.148. The lowest BCUT2D eigenvalue weighted by atomic mass is 9.89. The van der Waals surface area contributed by atoms with Crippen molar-refractivity contribution in [1.82, 2.24) is 67.9 Å². The number of carbonyl (C=O) groups is 14. The standard InChI is InChI=1S/C74H125N13O21/c1-18-47(6)64(86(14)70(98)62(45(2)3)84-69(97)63(46(4)5)85(12)13)55(104-16)41-61(93)87-36-22-26-54(87)65(105-17)48(7)66(94)83-52(40-50-24-20-19-21-25-50)67(95)76-32-23-37-107-72(101)49(8)80-58(90)28-27-51(71(99)100)81-59(91)30-34-78-73(102)108-43-53(68(96)77-35-39-103-15)82-60(92)42-79-56(88)29-33-75-57(89)31-38-106-44-74(9,10)11/h19-21,24-25,45-49,51-55,62-65H,18,22-23,26-44H2,1-17H3,(H,75,89)(H,76,95)(H,77,96)(H,78,102)(H,79,88)(H,80,90)(H,81,91)(H,82,92)(H,83,94)(H,84,97)(H,99,100)/t47-,48+,49?,51?,52-,53?,54-,55+,62?,63-,64-,65+/m0/s1. The number of amides is 12. The van der Waals surface area contributed by atoms with Crippen molar-refractivity contribution < 1.29 is 101 Å². The summed E-state index contributed by atoms with van der Waals surface area (Å²) < 4.78 is 33.0. The Hall–Kier alpha value is -8.60. The minimum absolute atomic E-state index is 0.00494. The van der Waals surface area contributed by atoms with Crippen LogP contribution in [-0.4, -0.2) is 278 Å². The molecule has 11 N–H and O–H groups in total. The van der Waals surface area contributed by atoms with Gasteiger partial charge in [0.1, 0.15) is 36.8 Å².